The fraction of sp³-hybridized carbons (Fsp3) is 0.286. The highest BCUT2D eigenvalue weighted by atomic mass is 16.5. The second kappa shape index (κ2) is 9.52. The summed E-state index contributed by atoms with van der Waals surface area (Å²) in [5.74, 6) is -0.945. The quantitative estimate of drug-likeness (QED) is 0.763. The van der Waals surface area contributed by atoms with E-state index < -0.39 is 5.97 Å². The minimum atomic E-state index is -0.422. The number of carbonyl (C=O) groups is 3. The summed E-state index contributed by atoms with van der Waals surface area (Å²) >= 11 is 0. The maximum Gasteiger partial charge on any atom is 0.338 e. The Bertz CT molecular complexity index is 798. The van der Waals surface area contributed by atoms with Crippen LogP contribution in [0, 0.1) is 6.92 Å². The number of hydrogen-bond acceptors (Lipinski definition) is 4. The second-order valence-electron chi connectivity index (χ2n) is 6.13. The van der Waals surface area contributed by atoms with Gasteiger partial charge in [0.1, 0.15) is 6.54 Å². The van der Waals surface area contributed by atoms with E-state index in [0.717, 1.165) is 11.1 Å². The Hall–Kier alpha value is -3.15. The van der Waals surface area contributed by atoms with Gasteiger partial charge in [0.15, 0.2) is 0 Å². The van der Waals surface area contributed by atoms with Crippen LogP contribution in [0.15, 0.2) is 48.5 Å². The molecule has 0 unspecified atom stereocenters. The lowest BCUT2D eigenvalue weighted by Gasteiger charge is -2.21. The zero-order valence-corrected chi connectivity index (χ0v) is 15.8. The van der Waals surface area contributed by atoms with E-state index >= 15 is 0 Å². The van der Waals surface area contributed by atoms with E-state index in [1.54, 1.807) is 31.2 Å². The van der Waals surface area contributed by atoms with Crippen molar-refractivity contribution in [3.8, 4) is 0 Å². The van der Waals surface area contributed by atoms with Crippen LogP contribution in [0.2, 0.25) is 0 Å². The lowest BCUT2D eigenvalue weighted by atomic mass is 10.1. The standard InChI is InChI=1S/C21H24N2O4/c1-4-27-21(26)18-9-11-19(12-10-18)23(16(3)24)14-20(25)22-13-17-7-5-15(2)6-8-17/h5-12H,4,13-14H2,1-3H3,(H,22,25). The normalized spacial score (nSPS) is 10.2. The minimum Gasteiger partial charge on any atom is -0.462 e. The van der Waals surface area contributed by atoms with Gasteiger partial charge in [0, 0.05) is 19.2 Å². The molecule has 2 amide bonds. The van der Waals surface area contributed by atoms with Crippen molar-refractivity contribution >= 4 is 23.5 Å². The summed E-state index contributed by atoms with van der Waals surface area (Å²) in [5, 5.41) is 2.81. The minimum absolute atomic E-state index is 0.0973. The number of amides is 2. The molecule has 0 aliphatic rings. The Labute approximate surface area is 159 Å². The van der Waals surface area contributed by atoms with Gasteiger partial charge in [-0.3, -0.25) is 9.59 Å². The summed E-state index contributed by atoms with van der Waals surface area (Å²) in [4.78, 5) is 37.3. The molecule has 0 saturated carbocycles. The molecule has 6 heteroatoms. The molecule has 0 fully saturated rings. The second-order valence-corrected chi connectivity index (χ2v) is 6.13. The molecule has 0 atom stereocenters. The molecule has 142 valence electrons. The van der Waals surface area contributed by atoms with Crippen LogP contribution in [0.25, 0.3) is 0 Å². The van der Waals surface area contributed by atoms with Crippen LogP contribution in [-0.2, 0) is 20.9 Å². The molecule has 1 N–H and O–H groups in total. The first kappa shape index (κ1) is 20.2. The molecular formula is C21H24N2O4. The molecule has 0 aromatic heterocycles. The molecular weight excluding hydrogens is 344 g/mol. The van der Waals surface area contributed by atoms with Gasteiger partial charge in [0.25, 0.3) is 0 Å². The van der Waals surface area contributed by atoms with Gasteiger partial charge < -0.3 is 15.0 Å². The average molecular weight is 368 g/mol. The van der Waals surface area contributed by atoms with Crippen LogP contribution >= 0.6 is 0 Å². The molecule has 6 nitrogen and oxygen atoms in total. The van der Waals surface area contributed by atoms with Gasteiger partial charge in [0.2, 0.25) is 11.8 Å². The van der Waals surface area contributed by atoms with Gasteiger partial charge in [-0.1, -0.05) is 29.8 Å². The number of benzene rings is 2. The van der Waals surface area contributed by atoms with Crippen molar-refractivity contribution in [2.75, 3.05) is 18.1 Å². The smallest absolute Gasteiger partial charge is 0.338 e. The molecule has 2 aromatic rings. The van der Waals surface area contributed by atoms with E-state index in [4.69, 9.17) is 4.74 Å². The Morgan fingerprint density at radius 1 is 1.00 bits per heavy atom. The summed E-state index contributed by atoms with van der Waals surface area (Å²) in [7, 11) is 0. The molecule has 27 heavy (non-hydrogen) atoms. The van der Waals surface area contributed by atoms with Crippen LogP contribution in [0.3, 0.4) is 0 Å². The number of rotatable bonds is 7. The first-order valence-corrected chi connectivity index (χ1v) is 8.78. The van der Waals surface area contributed by atoms with Gasteiger partial charge in [-0.05, 0) is 43.7 Å². The summed E-state index contributed by atoms with van der Waals surface area (Å²) < 4.78 is 4.94. The number of esters is 1. The maximum atomic E-state index is 12.3. The molecule has 0 saturated heterocycles. The van der Waals surface area contributed by atoms with Crippen molar-refractivity contribution in [1.29, 1.82) is 0 Å². The average Bonchev–Trinajstić information content (AvgIpc) is 2.66. The molecule has 2 aromatic carbocycles. The van der Waals surface area contributed by atoms with Gasteiger partial charge in [-0.25, -0.2) is 4.79 Å². The number of aryl methyl sites for hydroxylation is 1. The number of ether oxygens (including phenoxy) is 1. The van der Waals surface area contributed by atoms with E-state index in [2.05, 4.69) is 5.32 Å². The maximum absolute atomic E-state index is 12.3. The van der Waals surface area contributed by atoms with Crippen molar-refractivity contribution in [2.45, 2.75) is 27.3 Å². The topological polar surface area (TPSA) is 75.7 Å². The highest BCUT2D eigenvalue weighted by Crippen LogP contribution is 2.16. The van der Waals surface area contributed by atoms with E-state index in [0.29, 0.717) is 24.4 Å². The summed E-state index contributed by atoms with van der Waals surface area (Å²) in [5.41, 5.74) is 3.08. The van der Waals surface area contributed by atoms with Crippen molar-refractivity contribution in [3.05, 3.63) is 65.2 Å². The fourth-order valence-corrected chi connectivity index (χ4v) is 2.48. The predicted molar refractivity (Wildman–Crippen MR) is 103 cm³/mol. The van der Waals surface area contributed by atoms with Crippen LogP contribution in [0.4, 0.5) is 5.69 Å². The van der Waals surface area contributed by atoms with E-state index in [-0.39, 0.29) is 18.4 Å². The number of hydrogen-bond donors (Lipinski definition) is 1. The van der Waals surface area contributed by atoms with Crippen molar-refractivity contribution in [2.24, 2.45) is 0 Å². The molecule has 0 bridgehead atoms. The third-order valence-corrected chi connectivity index (χ3v) is 3.98. The number of anilines is 1. The molecule has 2 rings (SSSR count). The van der Waals surface area contributed by atoms with Crippen molar-refractivity contribution in [3.63, 3.8) is 0 Å². The van der Waals surface area contributed by atoms with Crippen LogP contribution in [-0.4, -0.2) is 30.9 Å². The highest BCUT2D eigenvalue weighted by molar-refractivity contribution is 5.98. The van der Waals surface area contributed by atoms with Gasteiger partial charge >= 0.3 is 5.97 Å². The monoisotopic (exact) mass is 368 g/mol. The van der Waals surface area contributed by atoms with E-state index in [1.165, 1.54) is 11.8 Å². The van der Waals surface area contributed by atoms with E-state index in [1.807, 2.05) is 31.2 Å². The summed E-state index contributed by atoms with van der Waals surface area (Å²) in [6.45, 7) is 5.72. The van der Waals surface area contributed by atoms with Crippen molar-refractivity contribution < 1.29 is 19.1 Å². The highest BCUT2D eigenvalue weighted by Gasteiger charge is 2.16. The first-order valence-electron chi connectivity index (χ1n) is 8.78. The largest absolute Gasteiger partial charge is 0.462 e. The molecule has 0 heterocycles. The van der Waals surface area contributed by atoms with Gasteiger partial charge in [-0.2, -0.15) is 0 Å². The fourth-order valence-electron chi connectivity index (χ4n) is 2.48. The summed E-state index contributed by atoms with van der Waals surface area (Å²) in [6, 6.07) is 14.3. The number of carbonyl (C=O) groups excluding carboxylic acids is 3. The van der Waals surface area contributed by atoms with Gasteiger partial charge in [-0.15, -0.1) is 0 Å². The Morgan fingerprint density at radius 3 is 2.19 bits per heavy atom. The third-order valence-electron chi connectivity index (χ3n) is 3.98. The van der Waals surface area contributed by atoms with Crippen LogP contribution in [0.5, 0.6) is 0 Å². The zero-order chi connectivity index (χ0) is 19.8. The number of nitrogens with one attached hydrogen (secondary N) is 1. The Balaban J connectivity index is 1.99. The lowest BCUT2D eigenvalue weighted by molar-refractivity contribution is -0.123. The molecule has 0 radical (unpaired) electrons. The predicted octanol–water partition coefficient (Wildman–Crippen LogP) is 2.84. The van der Waals surface area contributed by atoms with Crippen LogP contribution < -0.4 is 10.2 Å². The van der Waals surface area contributed by atoms with Crippen LogP contribution in [0.1, 0.15) is 35.3 Å². The number of nitrogens with zero attached hydrogens (tertiary/aromatic N) is 1. The third kappa shape index (κ3) is 5.95. The molecule has 0 aliphatic carbocycles. The van der Waals surface area contributed by atoms with Gasteiger partial charge in [0.05, 0.1) is 12.2 Å². The molecule has 0 aliphatic heterocycles. The van der Waals surface area contributed by atoms with E-state index in [9.17, 15) is 14.4 Å². The van der Waals surface area contributed by atoms with Crippen molar-refractivity contribution in [1.82, 2.24) is 5.32 Å². The Kier molecular flexibility index (Phi) is 7.11. The lowest BCUT2D eigenvalue weighted by Crippen LogP contribution is -2.39. The molecule has 0 spiro atoms. The zero-order valence-electron chi connectivity index (χ0n) is 15.8. The first-order chi connectivity index (χ1) is 12.9. The SMILES string of the molecule is CCOC(=O)c1ccc(N(CC(=O)NCc2ccc(C)cc2)C(C)=O)cc1. The Morgan fingerprint density at radius 2 is 1.63 bits per heavy atom. The summed E-state index contributed by atoms with van der Waals surface area (Å²) in [6.07, 6.45) is 0.